The molecule has 1 atom stereocenters. The predicted molar refractivity (Wildman–Crippen MR) is 83.4 cm³/mol. The number of hydrogen-bond acceptors (Lipinski definition) is 3. The lowest BCUT2D eigenvalue weighted by molar-refractivity contribution is 0.343. The van der Waals surface area contributed by atoms with Gasteiger partial charge in [0.2, 0.25) is 0 Å². The van der Waals surface area contributed by atoms with Crippen molar-refractivity contribution in [3.63, 3.8) is 0 Å². The minimum atomic E-state index is 0.126. The first kappa shape index (κ1) is 14.9. The van der Waals surface area contributed by atoms with E-state index in [4.69, 9.17) is 5.73 Å². The zero-order valence-electron chi connectivity index (χ0n) is 12.4. The zero-order chi connectivity index (χ0) is 13.8. The fourth-order valence-electron chi connectivity index (χ4n) is 3.09. The van der Waals surface area contributed by atoms with Crippen LogP contribution in [0, 0.1) is 5.92 Å². The van der Waals surface area contributed by atoms with E-state index in [0.717, 1.165) is 11.7 Å². The molecule has 1 aromatic heterocycles. The minimum Gasteiger partial charge on any atom is -0.330 e. The van der Waals surface area contributed by atoms with E-state index in [9.17, 15) is 0 Å². The Morgan fingerprint density at radius 1 is 1.37 bits per heavy atom. The molecule has 4 heteroatoms. The standard InChI is InChI=1S/C15H27N3S/c1-11(2)8-14(16)15-9-17-10-18(15)12-4-6-13(19-3)7-5-12/h9-14H,4-8,16H2,1-3H3. The van der Waals surface area contributed by atoms with E-state index in [1.54, 1.807) is 0 Å². The summed E-state index contributed by atoms with van der Waals surface area (Å²) in [6.07, 6.45) is 12.4. The molecule has 0 spiro atoms. The summed E-state index contributed by atoms with van der Waals surface area (Å²) in [7, 11) is 0. The molecule has 0 radical (unpaired) electrons. The minimum absolute atomic E-state index is 0.126. The van der Waals surface area contributed by atoms with Crippen LogP contribution in [0.3, 0.4) is 0 Å². The third-order valence-corrected chi connectivity index (χ3v) is 5.31. The van der Waals surface area contributed by atoms with Crippen LogP contribution in [0.2, 0.25) is 0 Å². The van der Waals surface area contributed by atoms with Crippen molar-refractivity contribution < 1.29 is 0 Å². The summed E-state index contributed by atoms with van der Waals surface area (Å²) in [5, 5.41) is 0.854. The fraction of sp³-hybridized carbons (Fsp3) is 0.800. The Kier molecular flexibility index (Phi) is 5.34. The second kappa shape index (κ2) is 6.80. The lowest BCUT2D eigenvalue weighted by atomic mass is 9.94. The maximum Gasteiger partial charge on any atom is 0.0951 e. The molecule has 0 aromatic carbocycles. The van der Waals surface area contributed by atoms with E-state index in [0.29, 0.717) is 12.0 Å². The third kappa shape index (κ3) is 3.76. The van der Waals surface area contributed by atoms with Crippen LogP contribution in [-0.4, -0.2) is 21.1 Å². The summed E-state index contributed by atoms with van der Waals surface area (Å²) in [6, 6.07) is 0.736. The monoisotopic (exact) mass is 281 g/mol. The highest BCUT2D eigenvalue weighted by Gasteiger charge is 2.24. The molecule has 0 aliphatic heterocycles. The van der Waals surface area contributed by atoms with Gasteiger partial charge in [-0.15, -0.1) is 0 Å². The van der Waals surface area contributed by atoms with Gasteiger partial charge in [0.15, 0.2) is 0 Å². The Labute approximate surface area is 121 Å². The van der Waals surface area contributed by atoms with E-state index >= 15 is 0 Å². The number of nitrogens with two attached hydrogens (primary N) is 1. The smallest absolute Gasteiger partial charge is 0.0951 e. The van der Waals surface area contributed by atoms with Gasteiger partial charge < -0.3 is 10.3 Å². The van der Waals surface area contributed by atoms with Gasteiger partial charge in [0, 0.05) is 23.5 Å². The Hall–Kier alpha value is -0.480. The number of nitrogens with zero attached hydrogens (tertiary/aromatic N) is 2. The molecule has 1 aliphatic carbocycles. The van der Waals surface area contributed by atoms with E-state index in [1.165, 1.54) is 31.4 Å². The summed E-state index contributed by atoms with van der Waals surface area (Å²) in [6.45, 7) is 4.45. The van der Waals surface area contributed by atoms with Crippen molar-refractivity contribution in [2.24, 2.45) is 11.7 Å². The highest BCUT2D eigenvalue weighted by molar-refractivity contribution is 7.99. The van der Waals surface area contributed by atoms with Crippen molar-refractivity contribution in [2.75, 3.05) is 6.26 Å². The molecule has 2 rings (SSSR count). The maximum absolute atomic E-state index is 6.34. The molecule has 1 fully saturated rings. The van der Waals surface area contributed by atoms with Crippen LogP contribution >= 0.6 is 11.8 Å². The quantitative estimate of drug-likeness (QED) is 0.893. The number of imidazole rings is 1. The molecule has 0 bridgehead atoms. The summed E-state index contributed by atoms with van der Waals surface area (Å²) in [4.78, 5) is 4.34. The highest BCUT2D eigenvalue weighted by Crippen LogP contribution is 2.35. The van der Waals surface area contributed by atoms with Gasteiger partial charge in [-0.3, -0.25) is 0 Å². The molecule has 1 aromatic rings. The lowest BCUT2D eigenvalue weighted by Crippen LogP contribution is -2.23. The van der Waals surface area contributed by atoms with Crippen LogP contribution in [0.1, 0.15) is 63.7 Å². The average molecular weight is 281 g/mol. The Morgan fingerprint density at radius 2 is 2.05 bits per heavy atom. The van der Waals surface area contributed by atoms with Crippen molar-refractivity contribution in [3.05, 3.63) is 18.2 Å². The topological polar surface area (TPSA) is 43.8 Å². The molecule has 2 N–H and O–H groups in total. The Morgan fingerprint density at radius 3 is 2.63 bits per heavy atom. The summed E-state index contributed by atoms with van der Waals surface area (Å²) >= 11 is 2.01. The van der Waals surface area contributed by atoms with Gasteiger partial charge in [-0.25, -0.2) is 4.98 Å². The summed E-state index contributed by atoms with van der Waals surface area (Å²) in [5.74, 6) is 0.630. The van der Waals surface area contributed by atoms with Gasteiger partial charge in [-0.1, -0.05) is 13.8 Å². The molecule has 1 heterocycles. The van der Waals surface area contributed by atoms with Crippen LogP contribution in [0.4, 0.5) is 0 Å². The molecule has 0 saturated heterocycles. The SMILES string of the molecule is CSC1CCC(n2cncc2C(N)CC(C)C)CC1. The van der Waals surface area contributed by atoms with Crippen LogP contribution in [0.25, 0.3) is 0 Å². The number of hydrogen-bond donors (Lipinski definition) is 1. The molecule has 0 amide bonds. The molecule has 108 valence electrons. The van der Waals surface area contributed by atoms with Crippen LogP contribution in [-0.2, 0) is 0 Å². The second-order valence-corrected chi connectivity index (χ2v) is 7.27. The van der Waals surface area contributed by atoms with Crippen molar-refractivity contribution in [1.29, 1.82) is 0 Å². The van der Waals surface area contributed by atoms with Crippen LogP contribution < -0.4 is 5.73 Å². The zero-order valence-corrected chi connectivity index (χ0v) is 13.2. The van der Waals surface area contributed by atoms with E-state index in [-0.39, 0.29) is 6.04 Å². The van der Waals surface area contributed by atoms with E-state index < -0.39 is 0 Å². The maximum atomic E-state index is 6.34. The van der Waals surface area contributed by atoms with Gasteiger partial charge in [-0.05, 0) is 44.3 Å². The van der Waals surface area contributed by atoms with Gasteiger partial charge >= 0.3 is 0 Å². The van der Waals surface area contributed by atoms with Gasteiger partial charge in [0.1, 0.15) is 0 Å². The number of rotatable bonds is 5. The van der Waals surface area contributed by atoms with Crippen molar-refractivity contribution in [1.82, 2.24) is 9.55 Å². The first-order valence-corrected chi connectivity index (χ1v) is 8.70. The normalized spacial score (nSPS) is 25.7. The second-order valence-electron chi connectivity index (χ2n) is 6.13. The van der Waals surface area contributed by atoms with E-state index in [2.05, 4.69) is 29.7 Å². The molecule has 19 heavy (non-hydrogen) atoms. The average Bonchev–Trinajstić information content (AvgIpc) is 2.87. The highest BCUT2D eigenvalue weighted by atomic mass is 32.2. The molecule has 1 aliphatic rings. The van der Waals surface area contributed by atoms with Crippen LogP contribution in [0.5, 0.6) is 0 Å². The van der Waals surface area contributed by atoms with Gasteiger partial charge in [0.25, 0.3) is 0 Å². The first-order valence-electron chi connectivity index (χ1n) is 7.42. The fourth-order valence-corrected chi connectivity index (χ4v) is 3.84. The Bertz CT molecular complexity index is 380. The lowest BCUT2D eigenvalue weighted by Gasteiger charge is -2.30. The van der Waals surface area contributed by atoms with Crippen molar-refractivity contribution in [2.45, 2.75) is 63.3 Å². The van der Waals surface area contributed by atoms with Crippen molar-refractivity contribution >= 4 is 11.8 Å². The van der Waals surface area contributed by atoms with Gasteiger partial charge in [-0.2, -0.15) is 11.8 Å². The molecule has 1 unspecified atom stereocenters. The van der Waals surface area contributed by atoms with Crippen LogP contribution in [0.15, 0.2) is 12.5 Å². The number of aromatic nitrogens is 2. The molecular weight excluding hydrogens is 254 g/mol. The third-order valence-electron chi connectivity index (χ3n) is 4.17. The van der Waals surface area contributed by atoms with Crippen molar-refractivity contribution in [3.8, 4) is 0 Å². The molecule has 3 nitrogen and oxygen atoms in total. The van der Waals surface area contributed by atoms with E-state index in [1.807, 2.05) is 24.3 Å². The largest absolute Gasteiger partial charge is 0.330 e. The van der Waals surface area contributed by atoms with Gasteiger partial charge in [0.05, 0.1) is 12.0 Å². The number of thioether (sulfide) groups is 1. The molecular formula is C15H27N3S. The predicted octanol–water partition coefficient (Wildman–Crippen LogP) is 3.78. The summed E-state index contributed by atoms with van der Waals surface area (Å²) in [5.41, 5.74) is 7.56. The molecule has 1 saturated carbocycles. The Balaban J connectivity index is 2.03. The summed E-state index contributed by atoms with van der Waals surface area (Å²) < 4.78 is 2.35. The first-order chi connectivity index (χ1) is 9.11.